The summed E-state index contributed by atoms with van der Waals surface area (Å²) in [7, 11) is 0. The Bertz CT molecular complexity index is 913. The van der Waals surface area contributed by atoms with Gasteiger partial charge < -0.3 is 0 Å². The monoisotopic (exact) mass is 283 g/mol. The Hall–Kier alpha value is -3.34. The normalized spacial score (nSPS) is 10.5. The van der Waals surface area contributed by atoms with E-state index in [1.54, 1.807) is 12.3 Å². The van der Waals surface area contributed by atoms with E-state index in [9.17, 15) is 14.5 Å². The van der Waals surface area contributed by atoms with Crippen molar-refractivity contribution in [2.45, 2.75) is 0 Å². The van der Waals surface area contributed by atoms with Crippen LogP contribution in [0.3, 0.4) is 0 Å². The van der Waals surface area contributed by atoms with Gasteiger partial charge in [0.05, 0.1) is 22.6 Å². The van der Waals surface area contributed by atoms with Crippen molar-refractivity contribution in [3.63, 3.8) is 0 Å². The first-order valence-electron chi connectivity index (χ1n) is 5.79. The molecule has 0 radical (unpaired) electrons. The third-order valence-electron chi connectivity index (χ3n) is 2.89. The molecule has 0 atom stereocenters. The number of halogens is 1. The topological polar surface area (TPSA) is 97.1 Å². The van der Waals surface area contributed by atoms with Crippen molar-refractivity contribution in [1.82, 2.24) is 14.6 Å². The molecular weight excluding hydrogens is 277 g/mol. The second-order valence-corrected chi connectivity index (χ2v) is 4.23. The maximum absolute atomic E-state index is 13.5. The minimum Gasteiger partial charge on any atom is -0.282 e. The first-order chi connectivity index (χ1) is 10.1. The molecule has 3 aromatic rings. The van der Waals surface area contributed by atoms with Crippen molar-refractivity contribution in [2.75, 3.05) is 0 Å². The lowest BCUT2D eigenvalue weighted by atomic mass is 10.2. The summed E-state index contributed by atoms with van der Waals surface area (Å²) in [5.74, 6) is -0.471. The van der Waals surface area contributed by atoms with Crippen LogP contribution < -0.4 is 0 Å². The number of pyridine rings is 1. The molecule has 2 heterocycles. The van der Waals surface area contributed by atoms with E-state index in [4.69, 9.17) is 5.26 Å². The Morgan fingerprint density at radius 1 is 1.29 bits per heavy atom. The molecule has 0 spiro atoms. The predicted octanol–water partition coefficient (Wildman–Crippen LogP) is 2.32. The largest absolute Gasteiger partial charge is 0.282 e. The van der Waals surface area contributed by atoms with Crippen molar-refractivity contribution in [1.29, 1.82) is 5.26 Å². The summed E-state index contributed by atoms with van der Waals surface area (Å²) in [5.41, 5.74) is 0.678. The molecule has 2 aromatic heterocycles. The lowest BCUT2D eigenvalue weighted by Crippen LogP contribution is -1.94. The van der Waals surface area contributed by atoms with Gasteiger partial charge in [-0.15, -0.1) is 10.2 Å². The van der Waals surface area contributed by atoms with E-state index < -0.39 is 10.7 Å². The van der Waals surface area contributed by atoms with E-state index in [1.165, 1.54) is 16.5 Å². The van der Waals surface area contributed by atoms with Crippen molar-refractivity contribution in [3.05, 3.63) is 58.0 Å². The van der Waals surface area contributed by atoms with Crippen molar-refractivity contribution >= 4 is 11.3 Å². The zero-order chi connectivity index (χ0) is 15.0. The second kappa shape index (κ2) is 4.64. The Morgan fingerprint density at radius 2 is 2.10 bits per heavy atom. The summed E-state index contributed by atoms with van der Waals surface area (Å²) in [6.45, 7) is 0. The first-order valence-corrected chi connectivity index (χ1v) is 5.79. The Morgan fingerprint density at radius 3 is 2.81 bits per heavy atom. The average molecular weight is 283 g/mol. The molecule has 0 saturated carbocycles. The van der Waals surface area contributed by atoms with Gasteiger partial charge in [0.25, 0.3) is 5.69 Å². The number of hydrogen-bond donors (Lipinski definition) is 0. The van der Waals surface area contributed by atoms with Crippen molar-refractivity contribution in [2.24, 2.45) is 0 Å². The third-order valence-corrected chi connectivity index (χ3v) is 2.89. The van der Waals surface area contributed by atoms with Gasteiger partial charge in [0.2, 0.25) is 0 Å². The number of nitrogens with zero attached hydrogens (tertiary/aromatic N) is 5. The number of fused-ring (bicyclic) bond motifs is 1. The summed E-state index contributed by atoms with van der Waals surface area (Å²) in [6.07, 6.45) is 1.56. The Balaban J connectivity index is 2.21. The molecule has 1 aromatic carbocycles. The molecule has 0 unspecified atom stereocenters. The molecule has 21 heavy (non-hydrogen) atoms. The van der Waals surface area contributed by atoms with Crippen LogP contribution in [0.2, 0.25) is 0 Å². The van der Waals surface area contributed by atoms with Crippen LogP contribution in [0.4, 0.5) is 10.1 Å². The van der Waals surface area contributed by atoms with Gasteiger partial charge in [0.15, 0.2) is 11.5 Å². The number of nitro groups is 1. The van der Waals surface area contributed by atoms with E-state index in [1.807, 2.05) is 6.07 Å². The molecule has 0 aliphatic carbocycles. The maximum atomic E-state index is 13.5. The number of non-ortho nitro benzene ring substituents is 1. The van der Waals surface area contributed by atoms with E-state index in [-0.39, 0.29) is 17.1 Å². The van der Waals surface area contributed by atoms with Crippen LogP contribution in [0, 0.1) is 27.3 Å². The molecule has 0 bridgehead atoms. The highest BCUT2D eigenvalue weighted by Crippen LogP contribution is 2.24. The van der Waals surface area contributed by atoms with Crippen LogP contribution in [-0.4, -0.2) is 19.5 Å². The van der Waals surface area contributed by atoms with Crippen LogP contribution in [0.5, 0.6) is 0 Å². The molecule has 3 rings (SSSR count). The smallest absolute Gasteiger partial charge is 0.273 e. The van der Waals surface area contributed by atoms with Crippen LogP contribution in [0.1, 0.15) is 5.56 Å². The Labute approximate surface area is 117 Å². The van der Waals surface area contributed by atoms with Crippen LogP contribution >= 0.6 is 0 Å². The van der Waals surface area contributed by atoms with Gasteiger partial charge in [-0.2, -0.15) is 5.26 Å². The molecule has 0 fully saturated rings. The summed E-state index contributed by atoms with van der Waals surface area (Å²) in [4.78, 5) is 10.1. The number of nitriles is 1. The fourth-order valence-corrected chi connectivity index (χ4v) is 1.97. The zero-order valence-corrected chi connectivity index (χ0v) is 10.4. The lowest BCUT2D eigenvalue weighted by molar-refractivity contribution is -0.385. The molecule has 8 heteroatoms. The number of benzene rings is 1. The molecule has 0 amide bonds. The van der Waals surface area contributed by atoms with Gasteiger partial charge in [0.1, 0.15) is 5.82 Å². The van der Waals surface area contributed by atoms with E-state index >= 15 is 0 Å². The standard InChI is InChI=1S/C13H6FN5O2/c14-10-4-9(5-11(6-10)19(20)21)13-17-16-12-3-8(7-15)1-2-18(12)13/h1-6H. The molecule has 7 nitrogen and oxygen atoms in total. The number of aromatic nitrogens is 3. The van der Waals surface area contributed by atoms with E-state index in [0.717, 1.165) is 12.1 Å². The number of hydrogen-bond acceptors (Lipinski definition) is 5. The lowest BCUT2D eigenvalue weighted by Gasteiger charge is -2.01. The molecule has 0 saturated heterocycles. The number of nitro benzene ring substituents is 1. The minimum atomic E-state index is -0.732. The first kappa shape index (κ1) is 12.7. The van der Waals surface area contributed by atoms with Crippen molar-refractivity contribution < 1.29 is 9.31 Å². The zero-order valence-electron chi connectivity index (χ0n) is 10.4. The predicted molar refractivity (Wildman–Crippen MR) is 69.8 cm³/mol. The second-order valence-electron chi connectivity index (χ2n) is 4.23. The number of rotatable bonds is 2. The van der Waals surface area contributed by atoms with Gasteiger partial charge in [-0.3, -0.25) is 14.5 Å². The Kier molecular flexibility index (Phi) is 2.80. The molecular formula is C13H6FN5O2. The summed E-state index contributed by atoms with van der Waals surface area (Å²) in [5, 5.41) is 27.4. The molecule has 0 N–H and O–H groups in total. The summed E-state index contributed by atoms with van der Waals surface area (Å²) >= 11 is 0. The third kappa shape index (κ3) is 2.17. The quantitative estimate of drug-likeness (QED) is 0.531. The highest BCUT2D eigenvalue weighted by atomic mass is 19.1. The van der Waals surface area contributed by atoms with Gasteiger partial charge in [0, 0.05) is 23.9 Å². The average Bonchev–Trinajstić information content (AvgIpc) is 2.89. The minimum absolute atomic E-state index is 0.235. The van der Waals surface area contributed by atoms with Crippen LogP contribution in [-0.2, 0) is 0 Å². The summed E-state index contributed by atoms with van der Waals surface area (Å²) in [6, 6.07) is 8.23. The highest BCUT2D eigenvalue weighted by Gasteiger charge is 2.15. The van der Waals surface area contributed by atoms with Gasteiger partial charge in [-0.25, -0.2) is 4.39 Å². The van der Waals surface area contributed by atoms with Crippen LogP contribution in [0.15, 0.2) is 36.5 Å². The summed E-state index contributed by atoms with van der Waals surface area (Å²) < 4.78 is 15.0. The van der Waals surface area contributed by atoms with E-state index in [2.05, 4.69) is 10.2 Å². The van der Waals surface area contributed by atoms with Gasteiger partial charge in [-0.1, -0.05) is 0 Å². The molecule has 102 valence electrons. The van der Waals surface area contributed by atoms with Crippen molar-refractivity contribution in [3.8, 4) is 17.5 Å². The van der Waals surface area contributed by atoms with Crippen LogP contribution in [0.25, 0.3) is 17.0 Å². The fourth-order valence-electron chi connectivity index (χ4n) is 1.97. The van der Waals surface area contributed by atoms with E-state index in [0.29, 0.717) is 11.2 Å². The molecule has 0 aliphatic heterocycles. The fraction of sp³-hybridized carbons (Fsp3) is 0. The maximum Gasteiger partial charge on any atom is 0.273 e. The SMILES string of the molecule is N#Cc1ccn2c(-c3cc(F)cc([N+](=O)[O-])c3)nnc2c1. The highest BCUT2D eigenvalue weighted by molar-refractivity contribution is 5.63. The van der Waals surface area contributed by atoms with Gasteiger partial charge in [-0.05, 0) is 12.1 Å². The van der Waals surface area contributed by atoms with Gasteiger partial charge >= 0.3 is 0 Å². The molecule has 0 aliphatic rings.